The topological polar surface area (TPSA) is 114 Å². The minimum absolute atomic E-state index is 0.134. The summed E-state index contributed by atoms with van der Waals surface area (Å²) in [5.74, 6) is -0.150. The van der Waals surface area contributed by atoms with Gasteiger partial charge in [0.15, 0.2) is 4.34 Å². The van der Waals surface area contributed by atoms with Crippen LogP contribution in [0.25, 0.3) is 0 Å². The molecule has 3 aromatic rings. The number of nitrogens with zero attached hydrogens (tertiary/aromatic N) is 4. The molecule has 0 saturated carbocycles. The van der Waals surface area contributed by atoms with Crippen molar-refractivity contribution in [3.8, 4) is 0 Å². The predicted octanol–water partition coefficient (Wildman–Crippen LogP) is 2.95. The summed E-state index contributed by atoms with van der Waals surface area (Å²) in [6, 6.07) is 12.5. The average molecular weight is 445 g/mol. The standard InChI is InChI=1S/C18H16N6O2S3/c19-15(25)14-9-13(23-24(14)11-5-2-1-3-6-11)16(26)20-17-21-22-18(29-17)28-10-12-7-4-8-27-12/h1-8,14H,9-10H2,(H2,19,25)(H,20,21,26). The number of nitrogens with two attached hydrogens (primary N) is 1. The quantitative estimate of drug-likeness (QED) is 0.428. The minimum atomic E-state index is -0.704. The second kappa shape index (κ2) is 8.72. The molecule has 0 radical (unpaired) electrons. The molecule has 1 unspecified atom stereocenters. The molecule has 0 fully saturated rings. The van der Waals surface area contributed by atoms with Crippen molar-refractivity contribution in [1.29, 1.82) is 0 Å². The van der Waals surface area contributed by atoms with Crippen molar-refractivity contribution in [2.45, 2.75) is 22.6 Å². The smallest absolute Gasteiger partial charge is 0.273 e. The minimum Gasteiger partial charge on any atom is -0.368 e. The number of anilines is 2. The van der Waals surface area contributed by atoms with Crippen molar-refractivity contribution >= 4 is 62.8 Å². The third-order valence-electron chi connectivity index (χ3n) is 4.07. The van der Waals surface area contributed by atoms with Gasteiger partial charge in [-0.25, -0.2) is 0 Å². The molecule has 0 aliphatic carbocycles. The lowest BCUT2D eigenvalue weighted by atomic mass is 10.1. The molecule has 1 aromatic carbocycles. The Morgan fingerprint density at radius 3 is 2.76 bits per heavy atom. The number of nitrogens with one attached hydrogen (secondary N) is 1. The maximum atomic E-state index is 12.6. The van der Waals surface area contributed by atoms with Gasteiger partial charge in [0.25, 0.3) is 5.91 Å². The number of thiophene rings is 1. The number of hydrogen-bond donors (Lipinski definition) is 2. The fourth-order valence-corrected chi connectivity index (χ4v) is 5.22. The lowest BCUT2D eigenvalue weighted by Gasteiger charge is -2.20. The zero-order valence-corrected chi connectivity index (χ0v) is 17.5. The number of hydrazone groups is 1. The Hall–Kier alpha value is -2.76. The molecule has 1 atom stereocenters. The highest BCUT2D eigenvalue weighted by molar-refractivity contribution is 8.00. The normalized spacial score (nSPS) is 15.9. The van der Waals surface area contributed by atoms with Crippen molar-refractivity contribution < 1.29 is 9.59 Å². The van der Waals surface area contributed by atoms with Gasteiger partial charge >= 0.3 is 0 Å². The van der Waals surface area contributed by atoms with E-state index in [9.17, 15) is 9.59 Å². The van der Waals surface area contributed by atoms with E-state index in [2.05, 4.69) is 26.7 Å². The zero-order valence-electron chi connectivity index (χ0n) is 15.0. The van der Waals surface area contributed by atoms with Crippen LogP contribution >= 0.6 is 34.4 Å². The van der Waals surface area contributed by atoms with Gasteiger partial charge in [-0.05, 0) is 23.6 Å². The van der Waals surface area contributed by atoms with E-state index in [1.165, 1.54) is 21.2 Å². The fourth-order valence-electron chi connectivity index (χ4n) is 2.70. The number of para-hydroxylation sites is 1. The van der Waals surface area contributed by atoms with Crippen LogP contribution in [-0.4, -0.2) is 33.8 Å². The average Bonchev–Trinajstić information content (AvgIpc) is 3.47. The van der Waals surface area contributed by atoms with Crippen LogP contribution in [0.5, 0.6) is 0 Å². The van der Waals surface area contributed by atoms with E-state index >= 15 is 0 Å². The largest absolute Gasteiger partial charge is 0.368 e. The second-order valence-electron chi connectivity index (χ2n) is 6.04. The molecular weight excluding hydrogens is 428 g/mol. The molecule has 8 nitrogen and oxygen atoms in total. The first kappa shape index (κ1) is 19.6. The van der Waals surface area contributed by atoms with Crippen molar-refractivity contribution in [2.75, 3.05) is 10.3 Å². The summed E-state index contributed by atoms with van der Waals surface area (Å²) in [6.45, 7) is 0. The zero-order chi connectivity index (χ0) is 20.2. The van der Waals surface area contributed by atoms with Crippen LogP contribution in [0.4, 0.5) is 10.8 Å². The van der Waals surface area contributed by atoms with Gasteiger partial charge in [-0.1, -0.05) is 47.4 Å². The molecule has 4 rings (SSSR count). The molecule has 0 bridgehead atoms. The molecule has 3 N–H and O–H groups in total. The van der Waals surface area contributed by atoms with Gasteiger partial charge in [-0.15, -0.1) is 21.5 Å². The Bertz CT molecular complexity index is 1040. The van der Waals surface area contributed by atoms with E-state index in [-0.39, 0.29) is 12.1 Å². The second-order valence-corrected chi connectivity index (χ2v) is 9.28. The Balaban J connectivity index is 1.42. The summed E-state index contributed by atoms with van der Waals surface area (Å²) in [5.41, 5.74) is 6.43. The summed E-state index contributed by atoms with van der Waals surface area (Å²) in [7, 11) is 0. The first-order chi connectivity index (χ1) is 14.1. The number of hydrogen-bond acceptors (Lipinski definition) is 9. The third kappa shape index (κ3) is 4.63. The summed E-state index contributed by atoms with van der Waals surface area (Å²) < 4.78 is 0.767. The maximum Gasteiger partial charge on any atom is 0.273 e. The Morgan fingerprint density at radius 1 is 1.21 bits per heavy atom. The van der Waals surface area contributed by atoms with Gasteiger partial charge < -0.3 is 5.73 Å². The molecule has 29 heavy (non-hydrogen) atoms. The first-order valence-electron chi connectivity index (χ1n) is 8.61. The number of benzene rings is 1. The van der Waals surface area contributed by atoms with Gasteiger partial charge in [0.05, 0.1) is 5.69 Å². The monoisotopic (exact) mass is 444 g/mol. The Morgan fingerprint density at radius 2 is 2.03 bits per heavy atom. The van der Waals surface area contributed by atoms with Gasteiger partial charge in [0.1, 0.15) is 11.8 Å². The number of aromatic nitrogens is 2. The van der Waals surface area contributed by atoms with Crippen LogP contribution in [0, 0.1) is 0 Å². The van der Waals surface area contributed by atoms with Crippen LogP contribution in [0.15, 0.2) is 57.3 Å². The molecule has 0 spiro atoms. The summed E-state index contributed by atoms with van der Waals surface area (Å²) >= 11 is 4.55. The molecule has 11 heteroatoms. The molecule has 0 saturated heterocycles. The Kier molecular flexibility index (Phi) is 5.88. The number of primary amides is 1. The SMILES string of the molecule is NC(=O)C1CC(C(=O)Nc2nnc(SCc3cccs3)s2)=NN1c1ccccc1. The number of carbonyl (C=O) groups is 2. The highest BCUT2D eigenvalue weighted by Crippen LogP contribution is 2.30. The van der Waals surface area contributed by atoms with E-state index in [1.54, 1.807) is 23.1 Å². The lowest BCUT2D eigenvalue weighted by molar-refractivity contribution is -0.119. The van der Waals surface area contributed by atoms with E-state index in [1.807, 2.05) is 41.8 Å². The van der Waals surface area contributed by atoms with Gasteiger partial charge in [-0.3, -0.25) is 19.9 Å². The van der Waals surface area contributed by atoms with Crippen LogP contribution in [0.3, 0.4) is 0 Å². The third-order valence-corrected chi connectivity index (χ3v) is 7.15. The summed E-state index contributed by atoms with van der Waals surface area (Å²) in [4.78, 5) is 25.7. The number of thioether (sulfide) groups is 1. The van der Waals surface area contributed by atoms with Crippen LogP contribution < -0.4 is 16.1 Å². The van der Waals surface area contributed by atoms with Crippen molar-refractivity contribution in [2.24, 2.45) is 10.8 Å². The van der Waals surface area contributed by atoms with E-state index < -0.39 is 17.9 Å². The molecule has 2 amide bonds. The molecule has 3 heterocycles. The van der Waals surface area contributed by atoms with Gasteiger partial charge in [0.2, 0.25) is 11.0 Å². The van der Waals surface area contributed by atoms with Crippen LogP contribution in [-0.2, 0) is 15.3 Å². The summed E-state index contributed by atoms with van der Waals surface area (Å²) in [5, 5.41) is 19.1. The van der Waals surface area contributed by atoms with Gasteiger partial charge in [-0.2, -0.15) is 5.10 Å². The molecule has 148 valence electrons. The van der Waals surface area contributed by atoms with E-state index in [4.69, 9.17) is 5.73 Å². The molecule has 2 aromatic heterocycles. The molecular formula is C18H16N6O2S3. The van der Waals surface area contributed by atoms with Crippen molar-refractivity contribution in [1.82, 2.24) is 10.2 Å². The lowest BCUT2D eigenvalue weighted by Crippen LogP contribution is -2.39. The van der Waals surface area contributed by atoms with Crippen LogP contribution in [0.2, 0.25) is 0 Å². The van der Waals surface area contributed by atoms with Crippen LogP contribution in [0.1, 0.15) is 11.3 Å². The highest BCUT2D eigenvalue weighted by Gasteiger charge is 2.35. The number of carbonyl (C=O) groups excluding carboxylic acids is 2. The molecule has 1 aliphatic heterocycles. The van der Waals surface area contributed by atoms with E-state index in [0.717, 1.165) is 10.1 Å². The predicted molar refractivity (Wildman–Crippen MR) is 116 cm³/mol. The van der Waals surface area contributed by atoms with Gasteiger partial charge in [0, 0.05) is 17.1 Å². The first-order valence-corrected chi connectivity index (χ1v) is 11.3. The molecule has 1 aliphatic rings. The highest BCUT2D eigenvalue weighted by atomic mass is 32.2. The van der Waals surface area contributed by atoms with E-state index in [0.29, 0.717) is 10.8 Å². The fraction of sp³-hybridized carbons (Fsp3) is 0.167. The summed E-state index contributed by atoms with van der Waals surface area (Å²) in [6.07, 6.45) is 0.134. The number of rotatable bonds is 7. The number of amides is 2. The van der Waals surface area contributed by atoms with Crippen molar-refractivity contribution in [3.05, 3.63) is 52.7 Å². The van der Waals surface area contributed by atoms with Crippen molar-refractivity contribution in [3.63, 3.8) is 0 Å². The Labute approximate surface area is 178 Å². The maximum absolute atomic E-state index is 12.6.